The van der Waals surface area contributed by atoms with Crippen molar-refractivity contribution in [2.75, 3.05) is 5.32 Å². The monoisotopic (exact) mass is 227 g/mol. The lowest BCUT2D eigenvalue weighted by Gasteiger charge is -2.42. The molecule has 0 radical (unpaired) electrons. The van der Waals surface area contributed by atoms with Gasteiger partial charge >= 0.3 is 0 Å². The Morgan fingerprint density at radius 3 is 2.82 bits per heavy atom. The fraction of sp³-hybridized carbons (Fsp3) is 0.429. The first kappa shape index (κ1) is 10.5. The van der Waals surface area contributed by atoms with Gasteiger partial charge in [-0.3, -0.25) is 0 Å². The number of hydrogen-bond acceptors (Lipinski definition) is 3. The maximum atomic E-state index is 4.26. The van der Waals surface area contributed by atoms with Crippen LogP contribution in [0, 0.1) is 0 Å². The molecule has 1 heterocycles. The largest absolute Gasteiger partial charge is 0.363 e. The van der Waals surface area contributed by atoms with Crippen molar-refractivity contribution in [3.8, 4) is 0 Å². The average molecular weight is 227 g/mol. The van der Waals surface area contributed by atoms with Crippen LogP contribution in [0.4, 0.5) is 5.82 Å². The predicted molar refractivity (Wildman–Crippen MR) is 70.0 cm³/mol. The standard InChI is InChI=1S/C14H17N3/c1-2-14(8-5-9-14)16-13-12-7-4-3-6-11(12)10-15-17-13/h3-4,6-7,10H,2,5,8-9H2,1H3,(H,16,17). The van der Waals surface area contributed by atoms with Gasteiger partial charge in [0.2, 0.25) is 0 Å². The molecule has 0 amide bonds. The smallest absolute Gasteiger partial charge is 0.157 e. The Morgan fingerprint density at radius 1 is 1.29 bits per heavy atom. The zero-order valence-electron chi connectivity index (χ0n) is 10.1. The second-order valence-corrected chi connectivity index (χ2v) is 4.89. The molecular formula is C14H17N3. The summed E-state index contributed by atoms with van der Waals surface area (Å²) in [4.78, 5) is 0. The van der Waals surface area contributed by atoms with Crippen molar-refractivity contribution in [1.82, 2.24) is 10.2 Å². The highest BCUT2D eigenvalue weighted by atomic mass is 15.2. The lowest BCUT2D eigenvalue weighted by molar-refractivity contribution is 0.269. The highest BCUT2D eigenvalue weighted by Gasteiger charge is 2.35. The quantitative estimate of drug-likeness (QED) is 0.873. The summed E-state index contributed by atoms with van der Waals surface area (Å²) in [6.45, 7) is 2.24. The summed E-state index contributed by atoms with van der Waals surface area (Å²) >= 11 is 0. The molecule has 1 aromatic carbocycles. The molecule has 2 aromatic rings. The van der Waals surface area contributed by atoms with Gasteiger partial charge in [-0.2, -0.15) is 5.10 Å². The summed E-state index contributed by atoms with van der Waals surface area (Å²) in [5, 5.41) is 14.3. The van der Waals surface area contributed by atoms with Gasteiger partial charge in [-0.25, -0.2) is 0 Å². The first-order valence-electron chi connectivity index (χ1n) is 6.32. The van der Waals surface area contributed by atoms with E-state index in [0.717, 1.165) is 17.6 Å². The lowest BCUT2D eigenvalue weighted by Crippen LogP contribution is -2.44. The number of benzene rings is 1. The van der Waals surface area contributed by atoms with Crippen LogP contribution < -0.4 is 5.32 Å². The molecule has 3 heteroatoms. The van der Waals surface area contributed by atoms with Gasteiger partial charge < -0.3 is 5.32 Å². The van der Waals surface area contributed by atoms with Crippen LogP contribution in [0.2, 0.25) is 0 Å². The van der Waals surface area contributed by atoms with Crippen molar-refractivity contribution in [1.29, 1.82) is 0 Å². The van der Waals surface area contributed by atoms with Crippen LogP contribution in [0.1, 0.15) is 32.6 Å². The fourth-order valence-corrected chi connectivity index (χ4v) is 2.54. The maximum Gasteiger partial charge on any atom is 0.157 e. The van der Waals surface area contributed by atoms with E-state index in [1.54, 1.807) is 0 Å². The van der Waals surface area contributed by atoms with Gasteiger partial charge in [-0.05, 0) is 25.7 Å². The highest BCUT2D eigenvalue weighted by molar-refractivity contribution is 5.91. The summed E-state index contributed by atoms with van der Waals surface area (Å²) in [7, 11) is 0. The molecule has 1 aliphatic rings. The molecule has 0 spiro atoms. The second kappa shape index (κ2) is 3.99. The van der Waals surface area contributed by atoms with E-state index in [4.69, 9.17) is 0 Å². The van der Waals surface area contributed by atoms with Gasteiger partial charge in [-0.1, -0.05) is 31.2 Å². The molecule has 17 heavy (non-hydrogen) atoms. The van der Waals surface area contributed by atoms with Crippen LogP contribution in [-0.2, 0) is 0 Å². The molecule has 3 nitrogen and oxygen atoms in total. The Balaban J connectivity index is 2.00. The number of nitrogens with zero attached hydrogens (tertiary/aromatic N) is 2. The second-order valence-electron chi connectivity index (χ2n) is 4.89. The minimum absolute atomic E-state index is 0.263. The minimum Gasteiger partial charge on any atom is -0.363 e. The van der Waals surface area contributed by atoms with E-state index < -0.39 is 0 Å². The molecule has 88 valence electrons. The summed E-state index contributed by atoms with van der Waals surface area (Å²) < 4.78 is 0. The summed E-state index contributed by atoms with van der Waals surface area (Å²) in [6, 6.07) is 8.27. The van der Waals surface area contributed by atoms with Gasteiger partial charge in [0.1, 0.15) is 0 Å². The molecule has 1 aliphatic carbocycles. The van der Waals surface area contributed by atoms with E-state index in [0.29, 0.717) is 0 Å². The van der Waals surface area contributed by atoms with E-state index in [9.17, 15) is 0 Å². The molecule has 0 saturated heterocycles. The van der Waals surface area contributed by atoms with E-state index in [1.165, 1.54) is 24.6 Å². The molecule has 0 unspecified atom stereocenters. The Labute approximate surface area is 101 Å². The van der Waals surface area contributed by atoms with Gasteiger partial charge in [0.15, 0.2) is 5.82 Å². The number of aromatic nitrogens is 2. The number of rotatable bonds is 3. The molecule has 1 aromatic heterocycles. The van der Waals surface area contributed by atoms with Crippen molar-refractivity contribution in [2.24, 2.45) is 0 Å². The van der Waals surface area contributed by atoms with E-state index in [1.807, 2.05) is 12.3 Å². The Morgan fingerprint density at radius 2 is 2.12 bits per heavy atom. The number of hydrogen-bond donors (Lipinski definition) is 1. The molecule has 0 atom stereocenters. The third-order valence-corrected chi connectivity index (χ3v) is 3.94. The first-order valence-corrected chi connectivity index (χ1v) is 6.32. The van der Waals surface area contributed by atoms with Crippen molar-refractivity contribution in [3.05, 3.63) is 30.5 Å². The lowest BCUT2D eigenvalue weighted by atomic mass is 9.75. The fourth-order valence-electron chi connectivity index (χ4n) is 2.54. The van der Waals surface area contributed by atoms with Crippen molar-refractivity contribution < 1.29 is 0 Å². The maximum absolute atomic E-state index is 4.26. The van der Waals surface area contributed by atoms with Gasteiger partial charge in [0.25, 0.3) is 0 Å². The van der Waals surface area contributed by atoms with Crippen LogP contribution >= 0.6 is 0 Å². The summed E-state index contributed by atoms with van der Waals surface area (Å²) in [5.74, 6) is 0.935. The SMILES string of the molecule is CCC1(Nc2nncc3ccccc23)CCC1. The third-order valence-electron chi connectivity index (χ3n) is 3.94. The van der Waals surface area contributed by atoms with E-state index in [-0.39, 0.29) is 5.54 Å². The topological polar surface area (TPSA) is 37.8 Å². The van der Waals surface area contributed by atoms with Crippen LogP contribution in [0.15, 0.2) is 30.5 Å². The van der Waals surface area contributed by atoms with Gasteiger partial charge in [-0.15, -0.1) is 5.10 Å². The van der Waals surface area contributed by atoms with Crippen LogP contribution in [0.25, 0.3) is 10.8 Å². The Kier molecular flexibility index (Phi) is 2.46. The number of anilines is 1. The minimum atomic E-state index is 0.263. The molecule has 1 saturated carbocycles. The molecule has 1 fully saturated rings. The Hall–Kier alpha value is -1.64. The van der Waals surface area contributed by atoms with Crippen molar-refractivity contribution in [3.63, 3.8) is 0 Å². The zero-order valence-corrected chi connectivity index (χ0v) is 10.1. The van der Waals surface area contributed by atoms with Crippen LogP contribution in [0.3, 0.4) is 0 Å². The third kappa shape index (κ3) is 1.75. The highest BCUT2D eigenvalue weighted by Crippen LogP contribution is 2.38. The first-order chi connectivity index (χ1) is 8.33. The summed E-state index contributed by atoms with van der Waals surface area (Å²) in [5.41, 5.74) is 0.263. The average Bonchev–Trinajstić information content (AvgIpc) is 2.34. The molecule has 3 rings (SSSR count). The molecule has 0 bridgehead atoms. The molecular weight excluding hydrogens is 210 g/mol. The van der Waals surface area contributed by atoms with Gasteiger partial charge in [0.05, 0.1) is 6.20 Å². The van der Waals surface area contributed by atoms with E-state index in [2.05, 4.69) is 40.6 Å². The normalized spacial score (nSPS) is 17.7. The number of nitrogens with one attached hydrogen (secondary N) is 1. The van der Waals surface area contributed by atoms with Crippen LogP contribution in [0.5, 0.6) is 0 Å². The number of fused-ring (bicyclic) bond motifs is 1. The molecule has 0 aliphatic heterocycles. The van der Waals surface area contributed by atoms with Crippen molar-refractivity contribution >= 4 is 16.6 Å². The molecule has 1 N–H and O–H groups in total. The van der Waals surface area contributed by atoms with Gasteiger partial charge in [0, 0.05) is 16.3 Å². The van der Waals surface area contributed by atoms with Crippen molar-refractivity contribution in [2.45, 2.75) is 38.1 Å². The summed E-state index contributed by atoms with van der Waals surface area (Å²) in [6.07, 6.45) is 6.78. The van der Waals surface area contributed by atoms with Crippen LogP contribution in [-0.4, -0.2) is 15.7 Å². The van der Waals surface area contributed by atoms with E-state index >= 15 is 0 Å². The zero-order chi connectivity index (χ0) is 11.7. The Bertz CT molecular complexity index is 521. The predicted octanol–water partition coefficient (Wildman–Crippen LogP) is 3.37.